The van der Waals surface area contributed by atoms with Crippen molar-refractivity contribution < 1.29 is 9.18 Å². The molecule has 0 unspecified atom stereocenters. The molecule has 2 amide bonds. The van der Waals surface area contributed by atoms with Crippen molar-refractivity contribution in [3.63, 3.8) is 0 Å². The second-order valence-corrected chi connectivity index (χ2v) is 3.20. The zero-order valence-electron chi connectivity index (χ0n) is 8.00. The molecule has 0 saturated carbocycles. The third-order valence-electron chi connectivity index (χ3n) is 1.72. The molecule has 1 rings (SSSR count). The Morgan fingerprint density at radius 2 is 2.20 bits per heavy atom. The highest BCUT2D eigenvalue weighted by molar-refractivity contribution is 7.80. The smallest absolute Gasteiger partial charge is 0.318 e. The lowest BCUT2D eigenvalue weighted by molar-refractivity contribution is 0.254. The molecule has 0 aliphatic carbocycles. The van der Waals surface area contributed by atoms with Gasteiger partial charge in [0.25, 0.3) is 0 Å². The Morgan fingerprint density at radius 3 is 2.73 bits per heavy atom. The standard InChI is InChI=1S/C9H10FN3OS/c1-12-9(14)13-5-2-3-7(10)6(4-5)8(11)15/h2-4H,1H3,(H2,11,15)(H2,12,13,14). The highest BCUT2D eigenvalue weighted by atomic mass is 32.1. The highest BCUT2D eigenvalue weighted by Crippen LogP contribution is 2.14. The van der Waals surface area contributed by atoms with Crippen molar-refractivity contribution in [2.75, 3.05) is 12.4 Å². The summed E-state index contributed by atoms with van der Waals surface area (Å²) < 4.78 is 13.1. The number of hydrogen-bond donors (Lipinski definition) is 3. The van der Waals surface area contributed by atoms with E-state index in [4.69, 9.17) is 5.73 Å². The molecular weight excluding hydrogens is 217 g/mol. The number of nitrogens with one attached hydrogen (secondary N) is 2. The molecule has 4 nitrogen and oxygen atoms in total. The van der Waals surface area contributed by atoms with E-state index in [2.05, 4.69) is 22.9 Å². The Kier molecular flexibility index (Phi) is 3.56. The van der Waals surface area contributed by atoms with Crippen molar-refractivity contribution in [2.45, 2.75) is 0 Å². The lowest BCUT2D eigenvalue weighted by Crippen LogP contribution is -2.24. The molecule has 0 atom stereocenters. The summed E-state index contributed by atoms with van der Waals surface area (Å²) in [6.45, 7) is 0. The molecule has 0 radical (unpaired) electrons. The van der Waals surface area contributed by atoms with E-state index in [0.717, 1.165) is 0 Å². The number of thiocarbonyl (C=S) groups is 1. The lowest BCUT2D eigenvalue weighted by atomic mass is 10.2. The zero-order valence-corrected chi connectivity index (χ0v) is 8.82. The average Bonchev–Trinajstić information content (AvgIpc) is 2.20. The highest BCUT2D eigenvalue weighted by Gasteiger charge is 2.07. The summed E-state index contributed by atoms with van der Waals surface area (Å²) in [5, 5.41) is 4.85. The quantitative estimate of drug-likeness (QED) is 0.665. The third kappa shape index (κ3) is 2.88. The van der Waals surface area contributed by atoms with Gasteiger partial charge in [0.2, 0.25) is 0 Å². The van der Waals surface area contributed by atoms with Crippen molar-refractivity contribution in [1.29, 1.82) is 0 Å². The molecule has 1 aromatic rings. The van der Waals surface area contributed by atoms with E-state index < -0.39 is 11.8 Å². The van der Waals surface area contributed by atoms with Gasteiger partial charge in [-0.25, -0.2) is 9.18 Å². The van der Waals surface area contributed by atoms with Crippen LogP contribution < -0.4 is 16.4 Å². The minimum atomic E-state index is -0.509. The first-order valence-electron chi connectivity index (χ1n) is 4.12. The van der Waals surface area contributed by atoms with Crippen molar-refractivity contribution >= 4 is 28.9 Å². The number of halogens is 1. The molecule has 0 spiro atoms. The molecule has 1 aromatic carbocycles. The van der Waals surface area contributed by atoms with Crippen molar-refractivity contribution in [1.82, 2.24) is 5.32 Å². The summed E-state index contributed by atoms with van der Waals surface area (Å²) in [7, 11) is 1.48. The summed E-state index contributed by atoms with van der Waals surface area (Å²) in [6.07, 6.45) is 0. The predicted octanol–water partition coefficient (Wildman–Crippen LogP) is 1.21. The molecule has 6 heteroatoms. The van der Waals surface area contributed by atoms with Crippen LogP contribution in [0.3, 0.4) is 0 Å². The molecule has 0 fully saturated rings. The van der Waals surface area contributed by atoms with Crippen LogP contribution in [0.15, 0.2) is 18.2 Å². The zero-order chi connectivity index (χ0) is 11.4. The number of urea groups is 1. The number of rotatable bonds is 2. The van der Waals surface area contributed by atoms with Crippen LogP contribution in [0.4, 0.5) is 14.9 Å². The topological polar surface area (TPSA) is 67.2 Å². The molecule has 4 N–H and O–H groups in total. The summed E-state index contributed by atoms with van der Waals surface area (Å²) in [4.78, 5) is 10.9. The fourth-order valence-corrected chi connectivity index (χ4v) is 1.14. The van der Waals surface area contributed by atoms with E-state index in [0.29, 0.717) is 5.69 Å². The lowest BCUT2D eigenvalue weighted by Gasteiger charge is -2.06. The van der Waals surface area contributed by atoms with E-state index in [-0.39, 0.29) is 10.6 Å². The first kappa shape index (κ1) is 11.4. The van der Waals surface area contributed by atoms with Crippen molar-refractivity contribution in [3.05, 3.63) is 29.6 Å². The van der Waals surface area contributed by atoms with Crippen LogP contribution in [-0.2, 0) is 0 Å². The number of benzene rings is 1. The van der Waals surface area contributed by atoms with Crippen LogP contribution in [-0.4, -0.2) is 18.1 Å². The van der Waals surface area contributed by atoms with Gasteiger partial charge in [-0.1, -0.05) is 12.2 Å². The molecule has 0 aromatic heterocycles. The number of nitrogens with two attached hydrogens (primary N) is 1. The molecule has 0 bridgehead atoms. The van der Waals surface area contributed by atoms with Gasteiger partial charge in [-0.3, -0.25) is 0 Å². The molecular formula is C9H10FN3OS. The van der Waals surface area contributed by atoms with Crippen LogP contribution in [0, 0.1) is 5.82 Å². The number of carbonyl (C=O) groups is 1. The van der Waals surface area contributed by atoms with Crippen LogP contribution in [0.1, 0.15) is 5.56 Å². The normalized spacial score (nSPS) is 9.47. The molecule has 0 heterocycles. The van der Waals surface area contributed by atoms with E-state index in [9.17, 15) is 9.18 Å². The summed E-state index contributed by atoms with van der Waals surface area (Å²) >= 11 is 4.66. The Hall–Kier alpha value is -1.69. The van der Waals surface area contributed by atoms with Crippen LogP contribution in [0.25, 0.3) is 0 Å². The minimum absolute atomic E-state index is 0.0481. The molecule has 0 saturated heterocycles. The fourth-order valence-electron chi connectivity index (χ4n) is 0.985. The van der Waals surface area contributed by atoms with Crippen molar-refractivity contribution in [2.24, 2.45) is 5.73 Å². The van der Waals surface area contributed by atoms with Crippen LogP contribution >= 0.6 is 12.2 Å². The maximum absolute atomic E-state index is 13.1. The molecule has 0 aliphatic rings. The molecule has 80 valence electrons. The van der Waals surface area contributed by atoms with Gasteiger partial charge in [-0.15, -0.1) is 0 Å². The van der Waals surface area contributed by atoms with Crippen LogP contribution in [0.2, 0.25) is 0 Å². The molecule has 15 heavy (non-hydrogen) atoms. The van der Waals surface area contributed by atoms with Gasteiger partial charge in [0.05, 0.1) is 0 Å². The number of anilines is 1. The van der Waals surface area contributed by atoms with Gasteiger partial charge in [0.1, 0.15) is 10.8 Å². The number of amides is 2. The van der Waals surface area contributed by atoms with Gasteiger partial charge in [0, 0.05) is 18.3 Å². The summed E-state index contributed by atoms with van der Waals surface area (Å²) in [5.41, 5.74) is 5.85. The number of carbonyl (C=O) groups excluding carboxylic acids is 1. The Labute approximate surface area is 91.7 Å². The van der Waals surface area contributed by atoms with E-state index >= 15 is 0 Å². The minimum Gasteiger partial charge on any atom is -0.389 e. The van der Waals surface area contributed by atoms with E-state index in [1.54, 1.807) is 0 Å². The Bertz CT molecular complexity index is 408. The average molecular weight is 227 g/mol. The molecule has 0 aliphatic heterocycles. The van der Waals surface area contributed by atoms with Gasteiger partial charge in [-0.05, 0) is 18.2 Å². The van der Waals surface area contributed by atoms with E-state index in [1.807, 2.05) is 0 Å². The monoisotopic (exact) mass is 227 g/mol. The van der Waals surface area contributed by atoms with Gasteiger partial charge >= 0.3 is 6.03 Å². The SMILES string of the molecule is CNC(=O)Nc1ccc(F)c(C(N)=S)c1. The maximum atomic E-state index is 13.1. The number of hydrogen-bond acceptors (Lipinski definition) is 2. The van der Waals surface area contributed by atoms with Gasteiger partial charge in [0.15, 0.2) is 0 Å². The van der Waals surface area contributed by atoms with Gasteiger partial charge in [-0.2, -0.15) is 0 Å². The third-order valence-corrected chi connectivity index (χ3v) is 1.94. The summed E-state index contributed by atoms with van der Waals surface area (Å²) in [5.74, 6) is -0.509. The second kappa shape index (κ2) is 4.70. The first-order valence-corrected chi connectivity index (χ1v) is 4.53. The largest absolute Gasteiger partial charge is 0.389 e. The van der Waals surface area contributed by atoms with Gasteiger partial charge < -0.3 is 16.4 Å². The summed E-state index contributed by atoms with van der Waals surface area (Å²) in [6, 6.07) is 3.61. The fraction of sp³-hybridized carbons (Fsp3) is 0.111. The Balaban J connectivity index is 2.97. The Morgan fingerprint density at radius 1 is 1.53 bits per heavy atom. The van der Waals surface area contributed by atoms with Crippen LogP contribution in [0.5, 0.6) is 0 Å². The predicted molar refractivity (Wildman–Crippen MR) is 60.4 cm³/mol. The second-order valence-electron chi connectivity index (χ2n) is 2.76. The van der Waals surface area contributed by atoms with Crippen molar-refractivity contribution in [3.8, 4) is 0 Å². The first-order chi connectivity index (χ1) is 7.04. The maximum Gasteiger partial charge on any atom is 0.318 e. The van der Waals surface area contributed by atoms with E-state index in [1.165, 1.54) is 25.2 Å².